The summed E-state index contributed by atoms with van der Waals surface area (Å²) in [5.41, 5.74) is 12.2. The fourth-order valence-corrected chi connectivity index (χ4v) is 5.58. The van der Waals surface area contributed by atoms with Crippen molar-refractivity contribution in [1.29, 1.82) is 0 Å². The topological polar surface area (TPSA) is 144 Å². The van der Waals surface area contributed by atoms with Crippen LogP contribution in [0.25, 0.3) is 21.8 Å². The number of fused-ring (bicyclic) bond motifs is 2. The number of rotatable bonds is 0. The standard InChI is InChI=1S/C6H4BrN3S.C6H5N3S.C5H6Br2N2O2/c7-5-4-3(1-11-5)6(8)10-2-9-4;7-6-4-1-10-2-5(4)8-3-9-6;1-5(2)3(10)8(6)4(11)9(5)7/h1-2H,(H2,8,9,10);1-3H,(H2,7,8,9);1-2H3. The molecule has 5 heterocycles. The van der Waals surface area contributed by atoms with Crippen molar-refractivity contribution in [2.75, 3.05) is 11.5 Å². The largest absolute Gasteiger partial charge is 0.383 e. The van der Waals surface area contributed by atoms with Crippen molar-refractivity contribution in [3.05, 3.63) is 32.6 Å². The van der Waals surface area contributed by atoms with Crippen LogP contribution in [-0.2, 0) is 4.79 Å². The molecule has 1 aliphatic heterocycles. The van der Waals surface area contributed by atoms with Gasteiger partial charge in [0.1, 0.15) is 35.3 Å². The first-order valence-electron chi connectivity index (χ1n) is 8.61. The van der Waals surface area contributed by atoms with Crippen molar-refractivity contribution in [1.82, 2.24) is 27.8 Å². The highest BCUT2D eigenvalue weighted by Crippen LogP contribution is 2.32. The lowest BCUT2D eigenvalue weighted by molar-refractivity contribution is -0.127. The lowest BCUT2D eigenvalue weighted by Gasteiger charge is -2.19. The Kier molecular flexibility index (Phi) is 7.65. The van der Waals surface area contributed by atoms with E-state index in [1.165, 1.54) is 16.6 Å². The molecular formula is C17H15Br3N8O2S2. The fraction of sp³-hybridized carbons (Fsp3) is 0.176. The predicted octanol–water partition coefficient (Wildman–Crippen LogP) is 4.96. The summed E-state index contributed by atoms with van der Waals surface area (Å²) in [5, 5.41) is 7.71. The highest BCUT2D eigenvalue weighted by Gasteiger charge is 2.50. The van der Waals surface area contributed by atoms with Crippen molar-refractivity contribution < 1.29 is 9.59 Å². The smallest absolute Gasteiger partial charge is 0.348 e. The Balaban J connectivity index is 0.000000136. The molecule has 0 aliphatic carbocycles. The van der Waals surface area contributed by atoms with Crippen LogP contribution in [0.5, 0.6) is 0 Å². The molecule has 3 amide bonds. The van der Waals surface area contributed by atoms with Gasteiger partial charge in [-0.25, -0.2) is 28.7 Å². The second-order valence-corrected chi connectivity index (χ2v) is 11.0. The van der Waals surface area contributed by atoms with Crippen molar-refractivity contribution in [3.63, 3.8) is 0 Å². The van der Waals surface area contributed by atoms with Crippen LogP contribution in [0.3, 0.4) is 0 Å². The molecule has 15 heteroatoms. The first-order valence-corrected chi connectivity index (χ1v) is 12.6. The molecule has 0 radical (unpaired) electrons. The molecule has 10 nitrogen and oxygen atoms in total. The van der Waals surface area contributed by atoms with Crippen molar-refractivity contribution >= 4 is 116 Å². The number of thiophene rings is 2. The van der Waals surface area contributed by atoms with Crippen molar-refractivity contribution in [3.8, 4) is 0 Å². The summed E-state index contributed by atoms with van der Waals surface area (Å²) < 4.78 is 3.11. The SMILES string of the molecule is CC1(C)C(=O)N(Br)C(=O)N1Br.Nc1ncnc2c(Br)scc12.Nc1ncnc2cscc12. The number of hydrogen-bond acceptors (Lipinski definition) is 10. The van der Waals surface area contributed by atoms with Gasteiger partial charge < -0.3 is 11.5 Å². The van der Waals surface area contributed by atoms with E-state index in [2.05, 4.69) is 68.2 Å². The summed E-state index contributed by atoms with van der Waals surface area (Å²) in [6.45, 7) is 3.31. The molecule has 1 fully saturated rings. The number of carbonyl (C=O) groups is 2. The Morgan fingerprint density at radius 3 is 2.06 bits per heavy atom. The Bertz CT molecular complexity index is 1300. The van der Waals surface area contributed by atoms with E-state index in [1.807, 2.05) is 16.1 Å². The minimum atomic E-state index is -0.805. The van der Waals surface area contributed by atoms with Crippen LogP contribution in [0.15, 0.2) is 32.6 Å². The van der Waals surface area contributed by atoms with Crippen LogP contribution >= 0.6 is 70.9 Å². The normalized spacial score (nSPS) is 14.9. The van der Waals surface area contributed by atoms with Gasteiger partial charge in [0.2, 0.25) is 0 Å². The Hall–Kier alpha value is -1.94. The third-order valence-electron chi connectivity index (χ3n) is 4.22. The molecule has 1 saturated heterocycles. The lowest BCUT2D eigenvalue weighted by Crippen LogP contribution is -2.37. The molecule has 32 heavy (non-hydrogen) atoms. The molecule has 5 rings (SSSR count). The quantitative estimate of drug-likeness (QED) is 0.198. The van der Waals surface area contributed by atoms with Gasteiger partial charge in [0.05, 0.1) is 52.4 Å². The number of nitrogen functional groups attached to an aromatic ring is 2. The molecule has 4 aromatic rings. The zero-order valence-electron chi connectivity index (χ0n) is 16.5. The van der Waals surface area contributed by atoms with Gasteiger partial charge in [-0.05, 0) is 29.8 Å². The number of amides is 3. The van der Waals surface area contributed by atoms with Gasteiger partial charge in [0, 0.05) is 16.1 Å². The molecule has 168 valence electrons. The maximum atomic E-state index is 11.2. The summed E-state index contributed by atoms with van der Waals surface area (Å²) in [4.78, 5) is 38.1. The van der Waals surface area contributed by atoms with E-state index >= 15 is 0 Å². The summed E-state index contributed by atoms with van der Waals surface area (Å²) in [6.07, 6.45) is 2.94. The van der Waals surface area contributed by atoms with E-state index < -0.39 is 11.6 Å². The van der Waals surface area contributed by atoms with Gasteiger partial charge in [0.25, 0.3) is 5.91 Å². The molecule has 0 saturated carbocycles. The number of carbonyl (C=O) groups excluding carboxylic acids is 2. The lowest BCUT2D eigenvalue weighted by atomic mass is 10.1. The predicted molar refractivity (Wildman–Crippen MR) is 137 cm³/mol. The van der Waals surface area contributed by atoms with E-state index in [4.69, 9.17) is 11.5 Å². The van der Waals surface area contributed by atoms with Gasteiger partial charge in [-0.1, -0.05) is 0 Å². The van der Waals surface area contributed by atoms with E-state index in [9.17, 15) is 9.59 Å². The highest BCUT2D eigenvalue weighted by molar-refractivity contribution is 9.11. The van der Waals surface area contributed by atoms with Gasteiger partial charge in [-0.2, -0.15) is 3.93 Å². The molecule has 1 aliphatic rings. The number of imide groups is 1. The summed E-state index contributed by atoms with van der Waals surface area (Å²) >= 11 is 12.4. The van der Waals surface area contributed by atoms with Crippen molar-refractivity contribution in [2.24, 2.45) is 0 Å². The zero-order valence-corrected chi connectivity index (χ0v) is 22.9. The molecule has 4 aromatic heterocycles. The molecule has 0 aromatic carbocycles. The maximum Gasteiger partial charge on any atom is 0.348 e. The molecule has 4 N–H and O–H groups in total. The van der Waals surface area contributed by atoms with Crippen LogP contribution in [-0.4, -0.2) is 45.3 Å². The second kappa shape index (κ2) is 9.91. The number of nitrogens with two attached hydrogens (primary N) is 2. The molecule has 0 bridgehead atoms. The van der Waals surface area contributed by atoms with Gasteiger partial charge in [-0.15, -0.1) is 22.7 Å². The van der Waals surface area contributed by atoms with Crippen LogP contribution in [0, 0.1) is 0 Å². The molecule has 0 spiro atoms. The summed E-state index contributed by atoms with van der Waals surface area (Å²) in [7, 11) is 0. The van der Waals surface area contributed by atoms with Crippen LogP contribution in [0.4, 0.5) is 16.4 Å². The number of halogens is 3. The fourth-order valence-electron chi connectivity index (χ4n) is 2.38. The summed E-state index contributed by atoms with van der Waals surface area (Å²) in [5.74, 6) is 0.822. The van der Waals surface area contributed by atoms with Crippen LogP contribution in [0.2, 0.25) is 0 Å². The number of aromatic nitrogens is 4. The van der Waals surface area contributed by atoms with E-state index in [-0.39, 0.29) is 5.91 Å². The number of anilines is 2. The first kappa shape index (κ1) is 24.7. The van der Waals surface area contributed by atoms with E-state index in [0.29, 0.717) is 11.6 Å². The third kappa shape index (κ3) is 4.85. The molecule has 0 atom stereocenters. The summed E-state index contributed by atoms with van der Waals surface area (Å²) in [6, 6.07) is -0.403. The number of nitrogens with zero attached hydrogens (tertiary/aromatic N) is 6. The van der Waals surface area contributed by atoms with E-state index in [0.717, 1.165) is 29.5 Å². The third-order valence-corrected chi connectivity index (χ3v) is 8.46. The molecule has 0 unspecified atom stereocenters. The van der Waals surface area contributed by atoms with Crippen LogP contribution in [0.1, 0.15) is 13.8 Å². The highest BCUT2D eigenvalue weighted by atomic mass is 79.9. The minimum Gasteiger partial charge on any atom is -0.383 e. The van der Waals surface area contributed by atoms with Crippen molar-refractivity contribution in [2.45, 2.75) is 19.4 Å². The number of urea groups is 1. The first-order chi connectivity index (χ1) is 15.1. The van der Waals surface area contributed by atoms with Gasteiger partial charge in [-0.3, -0.25) is 4.79 Å². The van der Waals surface area contributed by atoms with E-state index in [1.54, 1.807) is 36.5 Å². The van der Waals surface area contributed by atoms with Gasteiger partial charge >= 0.3 is 6.03 Å². The van der Waals surface area contributed by atoms with Gasteiger partial charge in [0.15, 0.2) is 0 Å². The average molecular weight is 667 g/mol. The average Bonchev–Trinajstić information content (AvgIpc) is 3.43. The number of hydrogen-bond donors (Lipinski definition) is 2. The maximum absolute atomic E-state index is 11.2. The Morgan fingerprint density at radius 2 is 1.56 bits per heavy atom. The Labute approximate surface area is 215 Å². The zero-order chi connectivity index (χ0) is 23.6. The second-order valence-electron chi connectivity index (χ2n) is 6.67. The van der Waals surface area contributed by atoms with Crippen LogP contribution < -0.4 is 11.5 Å². The molecular weight excluding hydrogens is 652 g/mol. The Morgan fingerprint density at radius 1 is 0.938 bits per heavy atom. The minimum absolute atomic E-state index is 0.278. The monoisotopic (exact) mass is 664 g/mol.